The molecule has 2 aromatic carbocycles. The molecule has 6 nitrogen and oxygen atoms in total. The van der Waals surface area contributed by atoms with Crippen LogP contribution in [0.4, 0.5) is 16.2 Å². The second kappa shape index (κ2) is 8.92. The maximum Gasteiger partial charge on any atom is 0.332 e. The molecule has 2 unspecified atom stereocenters. The summed E-state index contributed by atoms with van der Waals surface area (Å²) in [6.45, 7) is 3.98. The van der Waals surface area contributed by atoms with E-state index in [0.717, 1.165) is 37.7 Å². The molecule has 31 heavy (non-hydrogen) atoms. The Bertz CT molecular complexity index is 969. The zero-order valence-electron chi connectivity index (χ0n) is 18.1. The van der Waals surface area contributed by atoms with Crippen molar-refractivity contribution in [1.29, 1.82) is 0 Å². The topological polar surface area (TPSA) is 69.7 Å². The molecule has 0 aromatic heterocycles. The van der Waals surface area contributed by atoms with E-state index >= 15 is 0 Å². The second-order valence-corrected chi connectivity index (χ2v) is 8.48. The van der Waals surface area contributed by atoms with Crippen LogP contribution in [0.25, 0.3) is 0 Å². The van der Waals surface area contributed by atoms with E-state index in [1.807, 2.05) is 43.3 Å². The fourth-order valence-electron chi connectivity index (χ4n) is 4.60. The van der Waals surface area contributed by atoms with Crippen LogP contribution in [0.1, 0.15) is 43.7 Å². The van der Waals surface area contributed by atoms with Crippen LogP contribution < -0.4 is 10.2 Å². The number of aryl methyl sites for hydroxylation is 2. The molecule has 2 aliphatic rings. The van der Waals surface area contributed by atoms with Crippen LogP contribution in [0.15, 0.2) is 48.5 Å². The lowest BCUT2D eigenvalue weighted by atomic mass is 9.81. The number of imide groups is 1. The first kappa shape index (κ1) is 21.1. The summed E-state index contributed by atoms with van der Waals surface area (Å²) in [7, 11) is 0. The highest BCUT2D eigenvalue weighted by Gasteiger charge is 2.47. The Morgan fingerprint density at radius 2 is 1.68 bits per heavy atom. The number of anilines is 2. The van der Waals surface area contributed by atoms with Gasteiger partial charge in [0.2, 0.25) is 11.8 Å². The number of benzene rings is 2. The molecule has 4 rings (SSSR count). The van der Waals surface area contributed by atoms with E-state index in [-0.39, 0.29) is 30.3 Å². The molecule has 162 valence electrons. The number of amides is 4. The van der Waals surface area contributed by atoms with Crippen molar-refractivity contribution in [1.82, 2.24) is 4.90 Å². The predicted molar refractivity (Wildman–Crippen MR) is 121 cm³/mol. The normalized spacial score (nSPS) is 21.1. The number of nitrogens with one attached hydrogen (secondary N) is 1. The fraction of sp³-hybridized carbons (Fsp3) is 0.400. The summed E-state index contributed by atoms with van der Waals surface area (Å²) in [5.41, 5.74) is 3.52. The van der Waals surface area contributed by atoms with Crippen LogP contribution in [0.3, 0.4) is 0 Å². The van der Waals surface area contributed by atoms with Gasteiger partial charge in [-0.05, 0) is 56.0 Å². The molecule has 0 spiro atoms. The fourth-order valence-corrected chi connectivity index (χ4v) is 4.60. The predicted octanol–water partition coefficient (Wildman–Crippen LogP) is 4.52. The molecule has 2 fully saturated rings. The van der Waals surface area contributed by atoms with Gasteiger partial charge in [0.15, 0.2) is 0 Å². The largest absolute Gasteiger partial charge is 0.332 e. The minimum atomic E-state index is -0.409. The van der Waals surface area contributed by atoms with Crippen molar-refractivity contribution < 1.29 is 14.4 Å². The molecule has 2 aromatic rings. The molecule has 1 saturated carbocycles. The van der Waals surface area contributed by atoms with Gasteiger partial charge in [-0.1, -0.05) is 49.6 Å². The Morgan fingerprint density at radius 1 is 1.00 bits per heavy atom. The SMILES string of the molecule is CCc1ccc(NC(=O)CN2C(=O)N(c3ccc(C)cc3)C(=O)C3CCCCC32)cc1. The highest BCUT2D eigenvalue weighted by Crippen LogP contribution is 2.36. The summed E-state index contributed by atoms with van der Waals surface area (Å²) < 4.78 is 0. The van der Waals surface area contributed by atoms with Crippen molar-refractivity contribution in [3.8, 4) is 0 Å². The molecule has 1 N–H and O–H groups in total. The Labute approximate surface area is 183 Å². The number of rotatable bonds is 5. The molecule has 1 heterocycles. The van der Waals surface area contributed by atoms with Crippen molar-refractivity contribution in [2.45, 2.75) is 52.0 Å². The van der Waals surface area contributed by atoms with Crippen molar-refractivity contribution in [2.24, 2.45) is 5.92 Å². The lowest BCUT2D eigenvalue weighted by Gasteiger charge is -2.46. The number of hydrogen-bond acceptors (Lipinski definition) is 3. The quantitative estimate of drug-likeness (QED) is 0.774. The molecule has 6 heteroatoms. The number of urea groups is 1. The summed E-state index contributed by atoms with van der Waals surface area (Å²) in [6, 6.07) is 14.5. The standard InChI is InChI=1S/C25H29N3O3/c1-3-18-10-12-19(13-11-18)26-23(29)16-27-22-7-5-4-6-21(22)24(30)28(25(27)31)20-14-8-17(2)9-15-20/h8-15,21-22H,3-7,16H2,1-2H3,(H,26,29). The van der Waals surface area contributed by atoms with Crippen LogP contribution in [-0.4, -0.2) is 35.3 Å². The van der Waals surface area contributed by atoms with Crippen LogP contribution in [-0.2, 0) is 16.0 Å². The van der Waals surface area contributed by atoms with Crippen molar-refractivity contribution in [3.05, 3.63) is 59.7 Å². The molecule has 0 radical (unpaired) electrons. The van der Waals surface area contributed by atoms with E-state index < -0.39 is 6.03 Å². The summed E-state index contributed by atoms with van der Waals surface area (Å²) in [6.07, 6.45) is 4.36. The van der Waals surface area contributed by atoms with Gasteiger partial charge in [-0.2, -0.15) is 0 Å². The molecule has 2 atom stereocenters. The van der Waals surface area contributed by atoms with E-state index in [4.69, 9.17) is 0 Å². The number of nitrogens with zero attached hydrogens (tertiary/aromatic N) is 2. The Morgan fingerprint density at radius 3 is 2.35 bits per heavy atom. The smallest absolute Gasteiger partial charge is 0.325 e. The van der Waals surface area contributed by atoms with E-state index in [0.29, 0.717) is 11.4 Å². The van der Waals surface area contributed by atoms with Crippen molar-refractivity contribution >= 4 is 29.2 Å². The number of fused-ring (bicyclic) bond motifs is 1. The average Bonchev–Trinajstić information content (AvgIpc) is 2.78. The molecule has 0 bridgehead atoms. The number of carbonyl (C=O) groups excluding carboxylic acids is 3. The van der Waals surface area contributed by atoms with Crippen LogP contribution >= 0.6 is 0 Å². The lowest BCUT2D eigenvalue weighted by molar-refractivity contribution is -0.128. The minimum absolute atomic E-state index is 0.0643. The first-order valence-electron chi connectivity index (χ1n) is 11.1. The number of hydrogen-bond donors (Lipinski definition) is 1. The summed E-state index contributed by atoms with van der Waals surface area (Å²) in [5, 5.41) is 2.89. The van der Waals surface area contributed by atoms with Crippen LogP contribution in [0.5, 0.6) is 0 Å². The second-order valence-electron chi connectivity index (χ2n) is 8.48. The van der Waals surface area contributed by atoms with Gasteiger partial charge in [-0.15, -0.1) is 0 Å². The maximum absolute atomic E-state index is 13.4. The maximum atomic E-state index is 13.4. The first-order chi connectivity index (χ1) is 15.0. The van der Waals surface area contributed by atoms with Crippen LogP contribution in [0, 0.1) is 12.8 Å². The molecule has 1 saturated heterocycles. The zero-order valence-corrected chi connectivity index (χ0v) is 18.1. The summed E-state index contributed by atoms with van der Waals surface area (Å²) in [5.74, 6) is -0.658. The van der Waals surface area contributed by atoms with E-state index in [1.165, 1.54) is 10.5 Å². The van der Waals surface area contributed by atoms with Gasteiger partial charge in [0.1, 0.15) is 6.54 Å². The lowest BCUT2D eigenvalue weighted by Crippen LogP contribution is -2.64. The van der Waals surface area contributed by atoms with E-state index in [1.54, 1.807) is 17.0 Å². The number of carbonyl (C=O) groups is 3. The first-order valence-corrected chi connectivity index (χ1v) is 11.1. The molecule has 1 aliphatic carbocycles. The van der Waals surface area contributed by atoms with Gasteiger partial charge in [0, 0.05) is 11.7 Å². The molecular formula is C25H29N3O3. The van der Waals surface area contributed by atoms with Crippen molar-refractivity contribution in [3.63, 3.8) is 0 Å². The minimum Gasteiger partial charge on any atom is -0.325 e. The summed E-state index contributed by atoms with van der Waals surface area (Å²) in [4.78, 5) is 42.3. The summed E-state index contributed by atoms with van der Waals surface area (Å²) >= 11 is 0. The third-order valence-electron chi connectivity index (χ3n) is 6.36. The third kappa shape index (κ3) is 4.33. The van der Waals surface area contributed by atoms with Crippen molar-refractivity contribution in [2.75, 3.05) is 16.8 Å². The van der Waals surface area contributed by atoms with Gasteiger partial charge >= 0.3 is 6.03 Å². The molecule has 1 aliphatic heterocycles. The van der Waals surface area contributed by atoms with Gasteiger partial charge < -0.3 is 10.2 Å². The average molecular weight is 420 g/mol. The van der Waals surface area contributed by atoms with Gasteiger partial charge in [-0.3, -0.25) is 9.59 Å². The highest BCUT2D eigenvalue weighted by molar-refractivity contribution is 6.17. The Hall–Kier alpha value is -3.15. The zero-order chi connectivity index (χ0) is 22.0. The van der Waals surface area contributed by atoms with Gasteiger partial charge in [-0.25, -0.2) is 9.69 Å². The van der Waals surface area contributed by atoms with Gasteiger partial charge in [0.05, 0.1) is 11.6 Å². The monoisotopic (exact) mass is 419 g/mol. The van der Waals surface area contributed by atoms with Gasteiger partial charge in [0.25, 0.3) is 0 Å². The Kier molecular flexibility index (Phi) is 6.07. The van der Waals surface area contributed by atoms with E-state index in [2.05, 4.69) is 12.2 Å². The third-order valence-corrected chi connectivity index (χ3v) is 6.36. The van der Waals surface area contributed by atoms with Crippen LogP contribution in [0.2, 0.25) is 0 Å². The van der Waals surface area contributed by atoms with E-state index in [9.17, 15) is 14.4 Å². The Balaban J connectivity index is 1.56. The highest BCUT2D eigenvalue weighted by atomic mass is 16.2. The molecule has 4 amide bonds. The molecular weight excluding hydrogens is 390 g/mol.